The van der Waals surface area contributed by atoms with Gasteiger partial charge in [0.2, 0.25) is 0 Å². The molecule has 1 amide bonds. The molecule has 0 bridgehead atoms. The fourth-order valence-corrected chi connectivity index (χ4v) is 2.18. The van der Waals surface area contributed by atoms with Gasteiger partial charge in [-0.05, 0) is 24.3 Å². The first-order valence-corrected chi connectivity index (χ1v) is 5.79. The summed E-state index contributed by atoms with van der Waals surface area (Å²) >= 11 is 0. The Hall–Kier alpha value is -2.24. The largest absolute Gasteiger partial charge is 0.384 e. The van der Waals surface area contributed by atoms with Gasteiger partial charge in [0.15, 0.2) is 0 Å². The number of fused-ring (bicyclic) bond motifs is 1. The van der Waals surface area contributed by atoms with Gasteiger partial charge in [-0.15, -0.1) is 0 Å². The van der Waals surface area contributed by atoms with Crippen LogP contribution in [0.25, 0.3) is 10.9 Å². The molecule has 2 N–H and O–H groups in total. The summed E-state index contributed by atoms with van der Waals surface area (Å²) in [4.78, 5) is 17.4. The molecule has 4 nitrogen and oxygen atoms in total. The topological polar surface area (TPSA) is 59.2 Å². The number of likely N-dealkylation sites (tertiary alicyclic amines) is 1. The fraction of sp³-hybridized carbons (Fsp3) is 0.231. The van der Waals surface area contributed by atoms with Gasteiger partial charge in [0.25, 0.3) is 11.8 Å². The third kappa shape index (κ3) is 1.99. The van der Waals surface area contributed by atoms with Crippen molar-refractivity contribution in [3.05, 3.63) is 35.9 Å². The number of rotatable bonds is 1. The monoisotopic (exact) mass is 263 g/mol. The van der Waals surface area contributed by atoms with Crippen LogP contribution in [0.4, 0.5) is 14.6 Å². The summed E-state index contributed by atoms with van der Waals surface area (Å²) in [6.07, 6.45) is 0. The first-order chi connectivity index (χ1) is 8.96. The fourth-order valence-electron chi connectivity index (χ4n) is 2.18. The summed E-state index contributed by atoms with van der Waals surface area (Å²) < 4.78 is 25.6. The zero-order valence-corrected chi connectivity index (χ0v) is 9.94. The molecular weight excluding hydrogens is 252 g/mol. The molecule has 0 spiro atoms. The molecule has 1 aromatic carbocycles. The van der Waals surface area contributed by atoms with Crippen molar-refractivity contribution in [3.8, 4) is 0 Å². The lowest BCUT2D eigenvalue weighted by atomic mass is 10.0. The normalized spacial score (nSPS) is 17.3. The summed E-state index contributed by atoms with van der Waals surface area (Å²) in [6, 6.07) is 8.28. The first kappa shape index (κ1) is 11.8. The molecular formula is C13H11F2N3O. The van der Waals surface area contributed by atoms with Gasteiger partial charge in [0, 0.05) is 10.9 Å². The molecule has 0 radical (unpaired) electrons. The highest BCUT2D eigenvalue weighted by atomic mass is 19.3. The highest BCUT2D eigenvalue weighted by molar-refractivity contribution is 6.06. The van der Waals surface area contributed by atoms with Crippen molar-refractivity contribution in [3.63, 3.8) is 0 Å². The maximum absolute atomic E-state index is 12.8. The number of carbonyl (C=O) groups excluding carboxylic acids is 1. The lowest BCUT2D eigenvalue weighted by Crippen LogP contribution is -2.58. The number of halogens is 2. The molecule has 1 fully saturated rings. The van der Waals surface area contributed by atoms with E-state index in [9.17, 15) is 13.6 Å². The SMILES string of the molecule is Nc1ccc2c(C(=O)N3CC(F)(F)C3)cccc2n1. The van der Waals surface area contributed by atoms with E-state index in [0.717, 1.165) is 4.90 Å². The number of nitrogens with two attached hydrogens (primary N) is 1. The predicted octanol–water partition coefficient (Wildman–Crippen LogP) is 1.91. The van der Waals surface area contributed by atoms with Crippen LogP contribution in [0.5, 0.6) is 0 Å². The van der Waals surface area contributed by atoms with Crippen LogP contribution in [-0.4, -0.2) is 34.8 Å². The molecule has 0 aliphatic carbocycles. The van der Waals surface area contributed by atoms with Crippen LogP contribution < -0.4 is 5.73 Å². The number of hydrogen-bond donors (Lipinski definition) is 1. The summed E-state index contributed by atoms with van der Waals surface area (Å²) in [7, 11) is 0. The molecule has 0 atom stereocenters. The van der Waals surface area contributed by atoms with Gasteiger partial charge >= 0.3 is 0 Å². The molecule has 1 aliphatic heterocycles. The number of amides is 1. The number of carbonyl (C=O) groups is 1. The quantitative estimate of drug-likeness (QED) is 0.855. The Morgan fingerprint density at radius 2 is 2.00 bits per heavy atom. The van der Waals surface area contributed by atoms with Gasteiger partial charge in [-0.1, -0.05) is 6.07 Å². The maximum atomic E-state index is 12.8. The van der Waals surface area contributed by atoms with E-state index in [1.807, 2.05) is 0 Å². The summed E-state index contributed by atoms with van der Waals surface area (Å²) in [6.45, 7) is -1.05. The first-order valence-electron chi connectivity index (χ1n) is 5.79. The minimum absolute atomic E-state index is 0.354. The zero-order valence-electron chi connectivity index (χ0n) is 9.94. The predicted molar refractivity (Wildman–Crippen MR) is 67.0 cm³/mol. The summed E-state index contributed by atoms with van der Waals surface area (Å²) in [5, 5.41) is 0.622. The number of aromatic nitrogens is 1. The Bertz CT molecular complexity index is 664. The number of nitrogens with zero attached hydrogens (tertiary/aromatic N) is 2. The van der Waals surface area contributed by atoms with Crippen molar-refractivity contribution in [1.29, 1.82) is 0 Å². The van der Waals surface area contributed by atoms with Crippen LogP contribution in [0.2, 0.25) is 0 Å². The highest BCUT2D eigenvalue weighted by Crippen LogP contribution is 2.29. The Morgan fingerprint density at radius 3 is 2.68 bits per heavy atom. The van der Waals surface area contributed by atoms with Crippen LogP contribution in [0.1, 0.15) is 10.4 Å². The second kappa shape index (κ2) is 3.88. The van der Waals surface area contributed by atoms with E-state index in [1.165, 1.54) is 0 Å². The maximum Gasteiger partial charge on any atom is 0.282 e. The molecule has 6 heteroatoms. The molecule has 2 aromatic rings. The third-order valence-electron chi connectivity index (χ3n) is 3.12. The van der Waals surface area contributed by atoms with E-state index in [0.29, 0.717) is 22.3 Å². The molecule has 1 aromatic heterocycles. The Balaban J connectivity index is 1.99. The second-order valence-electron chi connectivity index (χ2n) is 4.63. The molecule has 2 heterocycles. The van der Waals surface area contributed by atoms with Crippen molar-refractivity contribution in [2.75, 3.05) is 18.8 Å². The average Bonchev–Trinajstić information content (AvgIpc) is 2.34. The zero-order chi connectivity index (χ0) is 13.6. The molecule has 3 rings (SSSR count). The molecule has 1 saturated heterocycles. The Kier molecular flexibility index (Phi) is 2.41. The second-order valence-corrected chi connectivity index (χ2v) is 4.63. The number of alkyl halides is 2. The summed E-state index contributed by atoms with van der Waals surface area (Å²) in [5.74, 6) is -2.81. The molecule has 98 valence electrons. The van der Waals surface area contributed by atoms with E-state index >= 15 is 0 Å². The number of hydrogen-bond acceptors (Lipinski definition) is 3. The van der Waals surface area contributed by atoms with Crippen LogP contribution in [0.3, 0.4) is 0 Å². The minimum atomic E-state index is -2.76. The Morgan fingerprint density at radius 1 is 1.26 bits per heavy atom. The lowest BCUT2D eigenvalue weighted by molar-refractivity contribution is -0.113. The smallest absolute Gasteiger partial charge is 0.282 e. The lowest BCUT2D eigenvalue weighted by Gasteiger charge is -2.38. The van der Waals surface area contributed by atoms with Gasteiger partial charge in [0.05, 0.1) is 18.6 Å². The van der Waals surface area contributed by atoms with Gasteiger partial charge in [-0.25, -0.2) is 13.8 Å². The van der Waals surface area contributed by atoms with E-state index in [-0.39, 0.29) is 0 Å². The van der Waals surface area contributed by atoms with Crippen molar-refractivity contribution >= 4 is 22.6 Å². The van der Waals surface area contributed by atoms with Gasteiger partial charge in [0.1, 0.15) is 5.82 Å². The van der Waals surface area contributed by atoms with Crippen LogP contribution >= 0.6 is 0 Å². The molecule has 0 saturated carbocycles. The van der Waals surface area contributed by atoms with Crippen molar-refractivity contribution in [1.82, 2.24) is 9.88 Å². The number of nitrogen functional groups attached to an aromatic ring is 1. The third-order valence-corrected chi connectivity index (χ3v) is 3.12. The van der Waals surface area contributed by atoms with Crippen molar-refractivity contribution in [2.24, 2.45) is 0 Å². The summed E-state index contributed by atoms with van der Waals surface area (Å²) in [5.41, 5.74) is 6.53. The van der Waals surface area contributed by atoms with E-state index in [2.05, 4.69) is 4.98 Å². The van der Waals surface area contributed by atoms with E-state index < -0.39 is 24.9 Å². The standard InChI is InChI=1S/C13H11F2N3O/c14-13(15)6-18(7-13)12(19)9-2-1-3-10-8(9)4-5-11(16)17-10/h1-5H,6-7H2,(H2,16,17). The molecule has 1 aliphatic rings. The van der Waals surface area contributed by atoms with Crippen molar-refractivity contribution < 1.29 is 13.6 Å². The van der Waals surface area contributed by atoms with Gasteiger partial charge < -0.3 is 10.6 Å². The van der Waals surface area contributed by atoms with Crippen LogP contribution in [0, 0.1) is 0 Å². The number of benzene rings is 1. The van der Waals surface area contributed by atoms with Crippen LogP contribution in [-0.2, 0) is 0 Å². The number of anilines is 1. The molecule has 19 heavy (non-hydrogen) atoms. The van der Waals surface area contributed by atoms with E-state index in [1.54, 1.807) is 30.3 Å². The minimum Gasteiger partial charge on any atom is -0.384 e. The van der Waals surface area contributed by atoms with Crippen molar-refractivity contribution in [2.45, 2.75) is 5.92 Å². The Labute approximate surface area is 107 Å². The van der Waals surface area contributed by atoms with Crippen LogP contribution in [0.15, 0.2) is 30.3 Å². The van der Waals surface area contributed by atoms with Gasteiger partial charge in [-0.3, -0.25) is 4.79 Å². The average molecular weight is 263 g/mol. The number of pyridine rings is 1. The molecule has 0 unspecified atom stereocenters. The van der Waals surface area contributed by atoms with E-state index in [4.69, 9.17) is 5.73 Å². The highest BCUT2D eigenvalue weighted by Gasteiger charge is 2.46. The van der Waals surface area contributed by atoms with Gasteiger partial charge in [-0.2, -0.15) is 0 Å².